The van der Waals surface area contributed by atoms with Crippen molar-refractivity contribution in [3.8, 4) is 0 Å². The van der Waals surface area contributed by atoms with Crippen LogP contribution in [0.1, 0.15) is 28.4 Å². The summed E-state index contributed by atoms with van der Waals surface area (Å²) < 4.78 is 0. The normalized spacial score (nSPS) is 10.6. The molecular weight excluding hydrogens is 374 g/mol. The summed E-state index contributed by atoms with van der Waals surface area (Å²) >= 11 is 3.56. The van der Waals surface area contributed by atoms with E-state index in [4.69, 9.17) is 0 Å². The first-order chi connectivity index (χ1) is 13.2. The lowest BCUT2D eigenvalue weighted by Crippen LogP contribution is -2.12. The van der Waals surface area contributed by atoms with Crippen molar-refractivity contribution >= 4 is 35.2 Å². The molecule has 1 aromatic carbocycles. The van der Waals surface area contributed by atoms with Gasteiger partial charge in [0.05, 0.1) is 0 Å². The van der Waals surface area contributed by atoms with E-state index in [-0.39, 0.29) is 5.91 Å². The number of amides is 1. The fourth-order valence-corrected chi connectivity index (χ4v) is 3.85. The summed E-state index contributed by atoms with van der Waals surface area (Å²) in [4.78, 5) is 21.9. The lowest BCUT2D eigenvalue weighted by atomic mass is 10.2. The van der Waals surface area contributed by atoms with Gasteiger partial charge in [-0.3, -0.25) is 9.78 Å². The van der Waals surface area contributed by atoms with Crippen molar-refractivity contribution in [1.82, 2.24) is 9.97 Å². The zero-order chi connectivity index (χ0) is 18.9. The third kappa shape index (κ3) is 6.12. The molecule has 1 amide bonds. The van der Waals surface area contributed by atoms with Crippen molar-refractivity contribution in [1.29, 1.82) is 0 Å². The zero-order valence-corrected chi connectivity index (χ0v) is 16.7. The first-order valence-electron chi connectivity index (χ1n) is 8.70. The molecule has 2 aromatic heterocycles. The van der Waals surface area contributed by atoms with Gasteiger partial charge in [0.15, 0.2) is 0 Å². The Bertz CT molecular complexity index is 870. The largest absolute Gasteiger partial charge is 0.307 e. The Hall–Kier alpha value is -2.31. The van der Waals surface area contributed by atoms with Crippen LogP contribution in [0.5, 0.6) is 0 Å². The van der Waals surface area contributed by atoms with Gasteiger partial charge in [-0.2, -0.15) is 11.8 Å². The molecule has 138 valence electrons. The van der Waals surface area contributed by atoms with E-state index in [1.54, 1.807) is 24.2 Å². The quantitative estimate of drug-likeness (QED) is 0.526. The maximum absolute atomic E-state index is 12.5. The average molecular weight is 396 g/mol. The molecule has 2 heterocycles. The second kappa shape index (κ2) is 10.1. The SMILES string of the molecule is CCSCc1ccnc(NC(=O)c2ccc(SCc3cccnc3)cc2)c1. The summed E-state index contributed by atoms with van der Waals surface area (Å²) in [6.07, 6.45) is 5.38. The van der Waals surface area contributed by atoms with Crippen LogP contribution in [0, 0.1) is 0 Å². The number of hydrogen-bond acceptors (Lipinski definition) is 5. The number of nitrogens with zero attached hydrogens (tertiary/aromatic N) is 2. The summed E-state index contributed by atoms with van der Waals surface area (Å²) in [7, 11) is 0. The molecule has 3 aromatic rings. The van der Waals surface area contributed by atoms with Crippen molar-refractivity contribution in [2.75, 3.05) is 11.1 Å². The fourth-order valence-electron chi connectivity index (χ4n) is 2.39. The number of benzene rings is 1. The van der Waals surface area contributed by atoms with Crippen LogP contribution in [0.4, 0.5) is 5.82 Å². The Balaban J connectivity index is 1.57. The lowest BCUT2D eigenvalue weighted by molar-refractivity contribution is 0.102. The van der Waals surface area contributed by atoms with Gasteiger partial charge < -0.3 is 5.32 Å². The number of hydrogen-bond donors (Lipinski definition) is 1. The van der Waals surface area contributed by atoms with Gasteiger partial charge in [-0.1, -0.05) is 13.0 Å². The standard InChI is InChI=1S/C21H21N3OS2/c1-2-26-14-16-9-11-23-20(12-16)24-21(25)18-5-7-19(8-6-18)27-15-17-4-3-10-22-13-17/h3-13H,2,14-15H2,1H3,(H,23,24,25). The summed E-state index contributed by atoms with van der Waals surface area (Å²) in [5.74, 6) is 3.28. The van der Waals surface area contributed by atoms with Gasteiger partial charge in [-0.15, -0.1) is 11.8 Å². The van der Waals surface area contributed by atoms with Crippen molar-refractivity contribution in [3.05, 3.63) is 83.8 Å². The Kier molecular flexibility index (Phi) is 7.30. The summed E-state index contributed by atoms with van der Waals surface area (Å²) in [5, 5.41) is 2.88. The highest BCUT2D eigenvalue weighted by atomic mass is 32.2. The van der Waals surface area contributed by atoms with Gasteiger partial charge in [-0.25, -0.2) is 4.98 Å². The Morgan fingerprint density at radius 1 is 1.04 bits per heavy atom. The summed E-state index contributed by atoms with van der Waals surface area (Å²) in [6.45, 7) is 2.13. The Morgan fingerprint density at radius 3 is 2.63 bits per heavy atom. The van der Waals surface area contributed by atoms with Crippen LogP contribution in [0.3, 0.4) is 0 Å². The van der Waals surface area contributed by atoms with Gasteiger partial charge in [0.1, 0.15) is 5.82 Å². The molecule has 0 unspecified atom stereocenters. The van der Waals surface area contributed by atoms with Crippen LogP contribution in [0.15, 0.2) is 72.0 Å². The number of carbonyl (C=O) groups excluding carboxylic acids is 1. The van der Waals surface area contributed by atoms with Gasteiger partial charge in [0.25, 0.3) is 5.91 Å². The van der Waals surface area contributed by atoms with E-state index in [1.165, 1.54) is 5.56 Å². The van der Waals surface area contributed by atoms with Crippen molar-refractivity contribution in [2.45, 2.75) is 23.3 Å². The predicted molar refractivity (Wildman–Crippen MR) is 114 cm³/mol. The molecule has 0 spiro atoms. The van der Waals surface area contributed by atoms with Gasteiger partial charge in [0.2, 0.25) is 0 Å². The number of nitrogens with one attached hydrogen (secondary N) is 1. The molecule has 0 aliphatic heterocycles. The topological polar surface area (TPSA) is 54.9 Å². The van der Waals surface area contributed by atoms with Crippen LogP contribution >= 0.6 is 23.5 Å². The smallest absolute Gasteiger partial charge is 0.256 e. The summed E-state index contributed by atoms with van der Waals surface area (Å²) in [6, 6.07) is 15.5. The van der Waals surface area contributed by atoms with E-state index >= 15 is 0 Å². The monoisotopic (exact) mass is 395 g/mol. The van der Waals surface area contributed by atoms with Crippen LogP contribution in [-0.4, -0.2) is 21.6 Å². The van der Waals surface area contributed by atoms with Crippen LogP contribution in [0.2, 0.25) is 0 Å². The maximum atomic E-state index is 12.5. The molecule has 0 aliphatic carbocycles. The number of thioether (sulfide) groups is 2. The molecule has 0 saturated carbocycles. The van der Waals surface area contributed by atoms with E-state index in [0.29, 0.717) is 11.4 Å². The van der Waals surface area contributed by atoms with Gasteiger partial charge in [0, 0.05) is 40.6 Å². The molecule has 0 radical (unpaired) electrons. The minimum atomic E-state index is -0.147. The number of pyridine rings is 2. The average Bonchev–Trinajstić information content (AvgIpc) is 2.72. The van der Waals surface area contributed by atoms with E-state index in [9.17, 15) is 4.79 Å². The molecular formula is C21H21N3OS2. The highest BCUT2D eigenvalue weighted by molar-refractivity contribution is 7.98. The second-order valence-electron chi connectivity index (χ2n) is 5.81. The predicted octanol–water partition coefficient (Wildman–Crippen LogP) is 5.27. The van der Waals surface area contributed by atoms with Crippen LogP contribution < -0.4 is 5.32 Å². The van der Waals surface area contributed by atoms with E-state index in [0.717, 1.165) is 27.7 Å². The third-order valence-electron chi connectivity index (χ3n) is 3.78. The lowest BCUT2D eigenvalue weighted by Gasteiger charge is -2.07. The molecule has 0 fully saturated rings. The van der Waals surface area contributed by atoms with E-state index < -0.39 is 0 Å². The third-order valence-corrected chi connectivity index (χ3v) is 5.81. The minimum Gasteiger partial charge on any atom is -0.307 e. The Labute approximate surface area is 168 Å². The van der Waals surface area contributed by atoms with Gasteiger partial charge in [-0.05, 0) is 59.3 Å². The number of rotatable bonds is 8. The molecule has 6 heteroatoms. The van der Waals surface area contributed by atoms with Crippen LogP contribution in [0.25, 0.3) is 0 Å². The Morgan fingerprint density at radius 2 is 1.89 bits per heavy atom. The molecule has 1 N–H and O–H groups in total. The van der Waals surface area contributed by atoms with Crippen molar-refractivity contribution in [2.24, 2.45) is 0 Å². The highest BCUT2D eigenvalue weighted by Crippen LogP contribution is 2.23. The molecule has 0 bridgehead atoms. The zero-order valence-electron chi connectivity index (χ0n) is 15.1. The first-order valence-corrected chi connectivity index (χ1v) is 10.8. The maximum Gasteiger partial charge on any atom is 0.256 e. The first kappa shape index (κ1) is 19.5. The van der Waals surface area contributed by atoms with Crippen molar-refractivity contribution < 1.29 is 4.79 Å². The molecule has 0 atom stereocenters. The minimum absolute atomic E-state index is 0.147. The van der Waals surface area contributed by atoms with Crippen molar-refractivity contribution in [3.63, 3.8) is 0 Å². The number of carbonyl (C=O) groups is 1. The van der Waals surface area contributed by atoms with Crippen LogP contribution in [-0.2, 0) is 11.5 Å². The van der Waals surface area contributed by atoms with Gasteiger partial charge >= 0.3 is 0 Å². The molecule has 27 heavy (non-hydrogen) atoms. The number of anilines is 1. The van der Waals surface area contributed by atoms with E-state index in [2.05, 4.69) is 28.3 Å². The fraction of sp³-hybridized carbons (Fsp3) is 0.190. The van der Waals surface area contributed by atoms with E-state index in [1.807, 2.05) is 60.4 Å². The molecule has 0 aliphatic rings. The molecule has 0 saturated heterocycles. The number of aromatic nitrogens is 2. The second-order valence-corrected chi connectivity index (χ2v) is 8.14. The molecule has 4 nitrogen and oxygen atoms in total. The molecule has 3 rings (SSSR count). The highest BCUT2D eigenvalue weighted by Gasteiger charge is 2.08. The summed E-state index contributed by atoms with van der Waals surface area (Å²) in [5.41, 5.74) is 2.96.